The van der Waals surface area contributed by atoms with Crippen molar-refractivity contribution in [3.05, 3.63) is 52.2 Å². The van der Waals surface area contributed by atoms with E-state index in [0.29, 0.717) is 11.7 Å². The number of nitrogens with one attached hydrogen (secondary N) is 2. The van der Waals surface area contributed by atoms with Crippen molar-refractivity contribution in [3.63, 3.8) is 0 Å². The average Bonchev–Trinajstić information content (AvgIpc) is 3.37. The standard InChI is InChI=1S/C18H20N6O2S2/c1-2-13-6-3-4-8-15(13)20-16(25)10-19-17(26)12-28-18-21-22-23-24(18)11-14-7-5-9-27-14/h3-9H,2,10-12H2,1H3,(H,19,26)(H,20,25). The van der Waals surface area contributed by atoms with Gasteiger partial charge in [0.2, 0.25) is 17.0 Å². The number of carbonyl (C=O) groups excluding carboxylic acids is 2. The molecule has 2 heterocycles. The number of carbonyl (C=O) groups is 2. The van der Waals surface area contributed by atoms with Crippen molar-refractivity contribution in [3.8, 4) is 0 Å². The maximum atomic E-state index is 12.1. The number of thiophene rings is 1. The summed E-state index contributed by atoms with van der Waals surface area (Å²) in [6.07, 6.45) is 0.819. The fourth-order valence-corrected chi connectivity index (χ4v) is 3.85. The monoisotopic (exact) mass is 416 g/mol. The summed E-state index contributed by atoms with van der Waals surface area (Å²) < 4.78 is 1.65. The molecule has 0 saturated heterocycles. The molecule has 146 valence electrons. The fraction of sp³-hybridized carbons (Fsp3) is 0.278. The minimum atomic E-state index is -0.262. The van der Waals surface area contributed by atoms with Gasteiger partial charge in [-0.1, -0.05) is 43.0 Å². The molecule has 2 amide bonds. The Balaban J connectivity index is 1.44. The van der Waals surface area contributed by atoms with E-state index in [-0.39, 0.29) is 24.1 Å². The summed E-state index contributed by atoms with van der Waals surface area (Å²) in [6.45, 7) is 2.50. The molecular formula is C18H20N6O2S2. The Hall–Kier alpha value is -2.72. The molecule has 0 aliphatic carbocycles. The molecule has 0 fully saturated rings. The van der Waals surface area contributed by atoms with Crippen LogP contribution in [-0.4, -0.2) is 44.3 Å². The van der Waals surface area contributed by atoms with Gasteiger partial charge in [0.25, 0.3) is 0 Å². The van der Waals surface area contributed by atoms with Crippen molar-refractivity contribution >= 4 is 40.6 Å². The second-order valence-corrected chi connectivity index (χ2v) is 7.80. The molecule has 2 aromatic heterocycles. The lowest BCUT2D eigenvalue weighted by atomic mass is 10.1. The van der Waals surface area contributed by atoms with E-state index < -0.39 is 0 Å². The molecule has 3 aromatic rings. The summed E-state index contributed by atoms with van der Waals surface area (Å²) in [5, 5.41) is 19.6. The number of amides is 2. The maximum absolute atomic E-state index is 12.1. The first-order chi connectivity index (χ1) is 13.7. The van der Waals surface area contributed by atoms with E-state index in [1.54, 1.807) is 16.0 Å². The fourth-order valence-electron chi connectivity index (χ4n) is 2.45. The lowest BCUT2D eigenvalue weighted by molar-refractivity contribution is -0.122. The number of benzene rings is 1. The summed E-state index contributed by atoms with van der Waals surface area (Å²) in [5.74, 6) is -0.389. The van der Waals surface area contributed by atoms with Gasteiger partial charge in [-0.15, -0.1) is 16.4 Å². The first kappa shape index (κ1) is 20.0. The van der Waals surface area contributed by atoms with Crippen molar-refractivity contribution in [2.24, 2.45) is 0 Å². The molecule has 0 atom stereocenters. The highest BCUT2D eigenvalue weighted by Crippen LogP contribution is 2.17. The molecule has 0 aliphatic rings. The molecule has 0 saturated carbocycles. The largest absolute Gasteiger partial charge is 0.346 e. The van der Waals surface area contributed by atoms with Crippen LogP contribution in [0.15, 0.2) is 46.9 Å². The summed E-state index contributed by atoms with van der Waals surface area (Å²) in [7, 11) is 0. The van der Waals surface area contributed by atoms with Gasteiger partial charge in [0.15, 0.2) is 0 Å². The number of hydrogen-bond acceptors (Lipinski definition) is 7. The molecule has 0 unspecified atom stereocenters. The van der Waals surface area contributed by atoms with Gasteiger partial charge in [0.05, 0.1) is 18.8 Å². The number of rotatable bonds is 9. The van der Waals surface area contributed by atoms with Crippen molar-refractivity contribution in [2.45, 2.75) is 25.0 Å². The molecule has 8 nitrogen and oxygen atoms in total. The molecule has 2 N–H and O–H groups in total. The lowest BCUT2D eigenvalue weighted by Gasteiger charge is -2.10. The van der Waals surface area contributed by atoms with Gasteiger partial charge < -0.3 is 10.6 Å². The molecule has 3 rings (SSSR count). The molecule has 28 heavy (non-hydrogen) atoms. The zero-order valence-electron chi connectivity index (χ0n) is 15.3. The number of nitrogens with zero attached hydrogens (tertiary/aromatic N) is 4. The van der Waals surface area contributed by atoms with Crippen molar-refractivity contribution < 1.29 is 9.59 Å². The van der Waals surface area contributed by atoms with Crippen LogP contribution in [0, 0.1) is 0 Å². The number of thioether (sulfide) groups is 1. The van der Waals surface area contributed by atoms with Crippen LogP contribution in [0.4, 0.5) is 5.69 Å². The number of aryl methyl sites for hydroxylation is 1. The average molecular weight is 417 g/mol. The van der Waals surface area contributed by atoms with Gasteiger partial charge in [-0.2, -0.15) is 0 Å². The molecule has 1 aromatic carbocycles. The topological polar surface area (TPSA) is 102 Å². The van der Waals surface area contributed by atoms with Crippen LogP contribution in [0.3, 0.4) is 0 Å². The quantitative estimate of drug-likeness (QED) is 0.519. The molecule has 0 aliphatic heterocycles. The Morgan fingerprint density at radius 3 is 2.82 bits per heavy atom. The van der Waals surface area contributed by atoms with Crippen LogP contribution in [0.1, 0.15) is 17.4 Å². The number of anilines is 1. The smallest absolute Gasteiger partial charge is 0.243 e. The van der Waals surface area contributed by atoms with E-state index >= 15 is 0 Å². The predicted molar refractivity (Wildman–Crippen MR) is 109 cm³/mol. The van der Waals surface area contributed by atoms with Crippen LogP contribution >= 0.6 is 23.1 Å². The summed E-state index contributed by atoms with van der Waals surface area (Å²) in [5.41, 5.74) is 1.82. The van der Waals surface area contributed by atoms with E-state index in [1.807, 2.05) is 48.7 Å². The van der Waals surface area contributed by atoms with Gasteiger partial charge in [-0.05, 0) is 39.9 Å². The summed E-state index contributed by atoms with van der Waals surface area (Å²) in [4.78, 5) is 25.3. The highest BCUT2D eigenvalue weighted by atomic mass is 32.2. The Morgan fingerprint density at radius 2 is 2.04 bits per heavy atom. The molecule has 0 radical (unpaired) electrons. The highest BCUT2D eigenvalue weighted by Gasteiger charge is 2.12. The van der Waals surface area contributed by atoms with Crippen LogP contribution in [0.5, 0.6) is 0 Å². The second-order valence-electron chi connectivity index (χ2n) is 5.82. The number of aromatic nitrogens is 4. The van der Waals surface area contributed by atoms with Gasteiger partial charge in [-0.3, -0.25) is 9.59 Å². The van der Waals surface area contributed by atoms with Crippen LogP contribution < -0.4 is 10.6 Å². The molecule has 10 heteroatoms. The Bertz CT molecular complexity index is 926. The van der Waals surface area contributed by atoms with Gasteiger partial charge in [0, 0.05) is 10.6 Å². The maximum Gasteiger partial charge on any atom is 0.243 e. The summed E-state index contributed by atoms with van der Waals surface area (Å²) in [6, 6.07) is 11.6. The number of tetrazole rings is 1. The SMILES string of the molecule is CCc1ccccc1NC(=O)CNC(=O)CSc1nnnn1Cc1cccs1. The Morgan fingerprint density at radius 1 is 1.18 bits per heavy atom. The van der Waals surface area contributed by atoms with Crippen molar-refractivity contribution in [1.82, 2.24) is 25.5 Å². The van der Waals surface area contributed by atoms with Crippen LogP contribution in [0.25, 0.3) is 0 Å². The second kappa shape index (κ2) is 10.00. The van der Waals surface area contributed by atoms with Gasteiger partial charge in [-0.25, -0.2) is 4.68 Å². The van der Waals surface area contributed by atoms with Crippen molar-refractivity contribution in [2.75, 3.05) is 17.6 Å². The van der Waals surface area contributed by atoms with E-state index in [4.69, 9.17) is 0 Å². The van der Waals surface area contributed by atoms with Crippen LogP contribution in [0.2, 0.25) is 0 Å². The van der Waals surface area contributed by atoms with Gasteiger partial charge >= 0.3 is 0 Å². The zero-order valence-corrected chi connectivity index (χ0v) is 16.9. The van der Waals surface area contributed by atoms with E-state index in [2.05, 4.69) is 26.2 Å². The normalized spacial score (nSPS) is 10.6. The van der Waals surface area contributed by atoms with E-state index in [9.17, 15) is 9.59 Å². The first-order valence-electron chi connectivity index (χ1n) is 8.71. The predicted octanol–water partition coefficient (Wildman–Crippen LogP) is 2.19. The number of para-hydroxylation sites is 1. The van der Waals surface area contributed by atoms with Gasteiger partial charge in [0.1, 0.15) is 0 Å². The first-order valence-corrected chi connectivity index (χ1v) is 10.6. The lowest BCUT2D eigenvalue weighted by Crippen LogP contribution is -2.34. The Labute approximate surface area is 170 Å². The third kappa shape index (κ3) is 5.64. The number of hydrogen-bond donors (Lipinski definition) is 2. The minimum Gasteiger partial charge on any atom is -0.346 e. The molecule has 0 spiro atoms. The zero-order chi connectivity index (χ0) is 19.8. The third-order valence-electron chi connectivity index (χ3n) is 3.84. The highest BCUT2D eigenvalue weighted by molar-refractivity contribution is 7.99. The molecule has 0 bridgehead atoms. The van der Waals surface area contributed by atoms with E-state index in [1.165, 1.54) is 11.8 Å². The van der Waals surface area contributed by atoms with Crippen LogP contribution in [-0.2, 0) is 22.6 Å². The minimum absolute atomic E-state index is 0.0857. The van der Waals surface area contributed by atoms with Crippen molar-refractivity contribution in [1.29, 1.82) is 0 Å². The summed E-state index contributed by atoms with van der Waals surface area (Å²) >= 11 is 2.85. The van der Waals surface area contributed by atoms with E-state index in [0.717, 1.165) is 22.5 Å². The third-order valence-corrected chi connectivity index (χ3v) is 5.65. The molecular weight excluding hydrogens is 396 g/mol. The Kier molecular flexibility index (Phi) is 7.15.